The highest BCUT2D eigenvalue weighted by molar-refractivity contribution is 5.91. The average Bonchev–Trinajstić information content (AvgIpc) is 3.13. The van der Waals surface area contributed by atoms with Gasteiger partial charge < -0.3 is 4.74 Å². The Hall–Kier alpha value is -3.73. The first-order valence-electron chi connectivity index (χ1n) is 9.68. The number of rotatable bonds is 4. The van der Waals surface area contributed by atoms with Gasteiger partial charge in [-0.3, -0.25) is 0 Å². The molecule has 0 aliphatic rings. The van der Waals surface area contributed by atoms with Crippen LogP contribution in [0.5, 0.6) is 5.75 Å². The van der Waals surface area contributed by atoms with Gasteiger partial charge in [-0.1, -0.05) is 29.8 Å². The van der Waals surface area contributed by atoms with E-state index in [0.717, 1.165) is 39.3 Å². The van der Waals surface area contributed by atoms with Crippen LogP contribution in [0.2, 0.25) is 0 Å². The molecule has 0 aliphatic carbocycles. The van der Waals surface area contributed by atoms with Gasteiger partial charge in [-0.2, -0.15) is 0 Å². The van der Waals surface area contributed by atoms with Gasteiger partial charge in [0.15, 0.2) is 11.3 Å². The summed E-state index contributed by atoms with van der Waals surface area (Å²) in [5, 5.41) is 5.65. The summed E-state index contributed by atoms with van der Waals surface area (Å²) in [5.41, 5.74) is 6.70. The van der Waals surface area contributed by atoms with Crippen LogP contribution in [0, 0.1) is 6.92 Å². The maximum absolute atomic E-state index is 5.59. The molecule has 0 saturated carbocycles. The standard InChI is InChI=1S/C24H20N4O/c1-3-29-19-12-10-18(11-13-19)22-15-21(17-8-6-16(2)7-9-17)26-24-20-5-4-14-25-23(20)27-28(22)24/h4-15H,3H2,1-2H3. The largest absolute Gasteiger partial charge is 0.494 e. The Morgan fingerprint density at radius 3 is 2.45 bits per heavy atom. The van der Waals surface area contributed by atoms with E-state index in [0.29, 0.717) is 12.3 Å². The van der Waals surface area contributed by atoms with Gasteiger partial charge in [0, 0.05) is 17.3 Å². The Morgan fingerprint density at radius 1 is 0.931 bits per heavy atom. The molecule has 0 atom stereocenters. The quantitative estimate of drug-likeness (QED) is 0.423. The zero-order valence-electron chi connectivity index (χ0n) is 16.3. The summed E-state index contributed by atoms with van der Waals surface area (Å²) in [6, 6.07) is 22.5. The molecule has 5 heteroatoms. The van der Waals surface area contributed by atoms with Crippen LogP contribution in [-0.4, -0.2) is 26.2 Å². The molecule has 142 valence electrons. The van der Waals surface area contributed by atoms with E-state index in [1.165, 1.54) is 5.56 Å². The van der Waals surface area contributed by atoms with E-state index in [4.69, 9.17) is 14.8 Å². The number of pyridine rings is 1. The monoisotopic (exact) mass is 380 g/mol. The van der Waals surface area contributed by atoms with Gasteiger partial charge in [0.2, 0.25) is 0 Å². The van der Waals surface area contributed by atoms with Crippen molar-refractivity contribution in [2.24, 2.45) is 0 Å². The fourth-order valence-corrected chi connectivity index (χ4v) is 3.49. The highest BCUT2D eigenvalue weighted by Gasteiger charge is 2.15. The third kappa shape index (κ3) is 3.10. The number of nitrogens with zero attached hydrogens (tertiary/aromatic N) is 4. The van der Waals surface area contributed by atoms with Crippen molar-refractivity contribution in [3.63, 3.8) is 0 Å². The van der Waals surface area contributed by atoms with Gasteiger partial charge >= 0.3 is 0 Å². The molecule has 5 nitrogen and oxygen atoms in total. The molecular formula is C24H20N4O. The van der Waals surface area contributed by atoms with Crippen molar-refractivity contribution in [2.75, 3.05) is 6.61 Å². The first-order chi connectivity index (χ1) is 14.2. The molecule has 29 heavy (non-hydrogen) atoms. The highest BCUT2D eigenvalue weighted by Crippen LogP contribution is 2.30. The van der Waals surface area contributed by atoms with Crippen molar-refractivity contribution in [3.05, 3.63) is 78.5 Å². The molecular weight excluding hydrogens is 360 g/mol. The van der Waals surface area contributed by atoms with E-state index >= 15 is 0 Å². The van der Waals surface area contributed by atoms with Crippen LogP contribution in [0.3, 0.4) is 0 Å². The molecule has 0 bridgehead atoms. The number of fused-ring (bicyclic) bond motifs is 3. The van der Waals surface area contributed by atoms with E-state index < -0.39 is 0 Å². The first-order valence-corrected chi connectivity index (χ1v) is 9.68. The van der Waals surface area contributed by atoms with Crippen molar-refractivity contribution in [1.82, 2.24) is 19.6 Å². The van der Waals surface area contributed by atoms with E-state index in [1.807, 2.05) is 35.7 Å². The van der Waals surface area contributed by atoms with Crippen molar-refractivity contribution in [3.8, 4) is 28.3 Å². The number of aromatic nitrogens is 4. The van der Waals surface area contributed by atoms with Gasteiger partial charge in [0.25, 0.3) is 0 Å². The number of aryl methyl sites for hydroxylation is 1. The van der Waals surface area contributed by atoms with Gasteiger partial charge in [0.05, 0.1) is 23.4 Å². The van der Waals surface area contributed by atoms with Crippen molar-refractivity contribution in [1.29, 1.82) is 0 Å². The Bertz CT molecular complexity index is 1310. The minimum atomic E-state index is 0.645. The van der Waals surface area contributed by atoms with Crippen LogP contribution >= 0.6 is 0 Å². The third-order valence-corrected chi connectivity index (χ3v) is 4.96. The predicted molar refractivity (Wildman–Crippen MR) is 115 cm³/mol. The van der Waals surface area contributed by atoms with Crippen molar-refractivity contribution < 1.29 is 4.74 Å². The lowest BCUT2D eigenvalue weighted by Crippen LogP contribution is -1.99. The topological polar surface area (TPSA) is 52.3 Å². The molecule has 0 aliphatic heterocycles. The van der Waals surface area contributed by atoms with E-state index in [2.05, 4.69) is 54.4 Å². The second-order valence-corrected chi connectivity index (χ2v) is 6.96. The van der Waals surface area contributed by atoms with E-state index in [1.54, 1.807) is 6.20 Å². The molecule has 0 fully saturated rings. The highest BCUT2D eigenvalue weighted by atomic mass is 16.5. The summed E-state index contributed by atoms with van der Waals surface area (Å²) < 4.78 is 7.47. The molecule has 3 heterocycles. The van der Waals surface area contributed by atoms with Gasteiger partial charge in [0.1, 0.15) is 5.75 Å². The number of hydrogen-bond acceptors (Lipinski definition) is 4. The van der Waals surface area contributed by atoms with E-state index in [9.17, 15) is 0 Å². The van der Waals surface area contributed by atoms with Crippen LogP contribution in [0.1, 0.15) is 12.5 Å². The second-order valence-electron chi connectivity index (χ2n) is 6.96. The smallest absolute Gasteiger partial charge is 0.183 e. The lowest BCUT2D eigenvalue weighted by atomic mass is 10.1. The van der Waals surface area contributed by atoms with Gasteiger partial charge in [-0.05, 0) is 56.3 Å². The lowest BCUT2D eigenvalue weighted by Gasteiger charge is -2.10. The zero-order chi connectivity index (χ0) is 19.8. The second kappa shape index (κ2) is 7.02. The van der Waals surface area contributed by atoms with Crippen LogP contribution in [0.15, 0.2) is 72.9 Å². The summed E-state index contributed by atoms with van der Waals surface area (Å²) in [5.74, 6) is 0.854. The molecule has 2 aromatic carbocycles. The minimum absolute atomic E-state index is 0.645. The summed E-state index contributed by atoms with van der Waals surface area (Å²) in [6.45, 7) is 4.71. The summed E-state index contributed by atoms with van der Waals surface area (Å²) in [4.78, 5) is 9.35. The molecule has 0 amide bonds. The SMILES string of the molecule is CCOc1ccc(-c2cc(-c3ccc(C)cc3)nc3c4cccnc4nn23)cc1. The molecule has 5 rings (SSSR count). The maximum atomic E-state index is 5.59. The number of ether oxygens (including phenoxy) is 1. The maximum Gasteiger partial charge on any atom is 0.183 e. The van der Waals surface area contributed by atoms with Gasteiger partial charge in [-0.25, -0.2) is 14.5 Å². The Labute approximate surface area is 168 Å². The summed E-state index contributed by atoms with van der Waals surface area (Å²) >= 11 is 0. The first kappa shape index (κ1) is 17.4. The Balaban J connectivity index is 1.77. The van der Waals surface area contributed by atoms with Crippen LogP contribution in [0.25, 0.3) is 39.2 Å². The van der Waals surface area contributed by atoms with Crippen molar-refractivity contribution >= 4 is 16.7 Å². The summed E-state index contributed by atoms with van der Waals surface area (Å²) in [6.07, 6.45) is 1.76. The fraction of sp³-hybridized carbons (Fsp3) is 0.125. The normalized spacial score (nSPS) is 11.2. The number of hydrogen-bond donors (Lipinski definition) is 0. The molecule has 0 unspecified atom stereocenters. The molecule has 0 radical (unpaired) electrons. The van der Waals surface area contributed by atoms with Crippen LogP contribution in [-0.2, 0) is 0 Å². The van der Waals surface area contributed by atoms with E-state index in [-0.39, 0.29) is 0 Å². The van der Waals surface area contributed by atoms with Crippen LogP contribution < -0.4 is 4.74 Å². The molecule has 0 N–H and O–H groups in total. The molecule has 0 spiro atoms. The van der Waals surface area contributed by atoms with Crippen molar-refractivity contribution in [2.45, 2.75) is 13.8 Å². The van der Waals surface area contributed by atoms with Crippen LogP contribution in [0.4, 0.5) is 0 Å². The third-order valence-electron chi connectivity index (χ3n) is 4.96. The average molecular weight is 380 g/mol. The Kier molecular flexibility index (Phi) is 4.21. The molecule has 0 saturated heterocycles. The zero-order valence-corrected chi connectivity index (χ0v) is 16.3. The minimum Gasteiger partial charge on any atom is -0.494 e. The van der Waals surface area contributed by atoms with Gasteiger partial charge in [-0.15, -0.1) is 5.10 Å². The predicted octanol–water partition coefficient (Wildman–Crippen LogP) is 5.32. The lowest BCUT2D eigenvalue weighted by molar-refractivity contribution is 0.340. The molecule has 3 aromatic heterocycles. The number of benzene rings is 2. The Morgan fingerprint density at radius 2 is 1.69 bits per heavy atom. The summed E-state index contributed by atoms with van der Waals surface area (Å²) in [7, 11) is 0. The fourth-order valence-electron chi connectivity index (χ4n) is 3.49. The molecule has 5 aromatic rings.